The summed E-state index contributed by atoms with van der Waals surface area (Å²) in [5.41, 5.74) is 1.99. The zero-order valence-electron chi connectivity index (χ0n) is 14.9. The van der Waals surface area contributed by atoms with Gasteiger partial charge >= 0.3 is 0 Å². The summed E-state index contributed by atoms with van der Waals surface area (Å²) in [5, 5.41) is 2.89. The van der Waals surface area contributed by atoms with Crippen LogP contribution in [0.1, 0.15) is 30.4 Å². The molecule has 26 heavy (non-hydrogen) atoms. The average molecular weight is 372 g/mol. The Morgan fingerprint density at radius 2 is 1.77 bits per heavy atom. The Bertz CT molecular complexity index is 848. The molecule has 1 heterocycles. The summed E-state index contributed by atoms with van der Waals surface area (Å²) in [7, 11) is -3.68. The summed E-state index contributed by atoms with van der Waals surface area (Å²) in [6.45, 7) is 2.69. The fourth-order valence-corrected chi connectivity index (χ4v) is 4.86. The molecule has 1 saturated heterocycles. The summed E-state index contributed by atoms with van der Waals surface area (Å²) < 4.78 is 27.4. The number of hydrogen-bond donors (Lipinski definition) is 1. The molecule has 138 valence electrons. The van der Waals surface area contributed by atoms with E-state index in [4.69, 9.17) is 0 Å². The van der Waals surface area contributed by atoms with Crippen molar-refractivity contribution in [3.05, 3.63) is 65.7 Å². The molecule has 0 saturated carbocycles. The minimum absolute atomic E-state index is 0.232. The van der Waals surface area contributed by atoms with Crippen LogP contribution >= 0.6 is 0 Å². The van der Waals surface area contributed by atoms with Crippen LogP contribution in [-0.4, -0.2) is 31.2 Å². The van der Waals surface area contributed by atoms with Gasteiger partial charge in [0.05, 0.1) is 4.90 Å². The number of nitrogens with one attached hydrogen (secondary N) is 1. The van der Waals surface area contributed by atoms with Crippen LogP contribution in [0.25, 0.3) is 0 Å². The molecule has 2 aromatic carbocycles. The second-order valence-electron chi connectivity index (χ2n) is 6.64. The number of rotatable bonds is 5. The molecule has 1 fully saturated rings. The van der Waals surface area contributed by atoms with E-state index in [9.17, 15) is 13.2 Å². The molecule has 0 aromatic heterocycles. The lowest BCUT2D eigenvalue weighted by molar-refractivity contribution is -0.125. The molecule has 2 aromatic rings. The quantitative estimate of drug-likeness (QED) is 0.878. The van der Waals surface area contributed by atoms with E-state index < -0.39 is 16.1 Å². The van der Waals surface area contributed by atoms with Crippen LogP contribution in [-0.2, 0) is 21.4 Å². The van der Waals surface area contributed by atoms with Crippen LogP contribution in [0, 0.1) is 6.92 Å². The lowest BCUT2D eigenvalue weighted by atomic mass is 10.0. The maximum atomic E-state index is 13.0. The van der Waals surface area contributed by atoms with Crippen molar-refractivity contribution in [2.45, 2.75) is 43.7 Å². The van der Waals surface area contributed by atoms with Crippen LogP contribution in [0.4, 0.5) is 0 Å². The highest BCUT2D eigenvalue weighted by atomic mass is 32.2. The second kappa shape index (κ2) is 8.01. The van der Waals surface area contributed by atoms with Crippen molar-refractivity contribution in [2.24, 2.45) is 0 Å². The van der Waals surface area contributed by atoms with Gasteiger partial charge in [-0.15, -0.1) is 0 Å². The number of aryl methyl sites for hydroxylation is 1. The predicted molar refractivity (Wildman–Crippen MR) is 101 cm³/mol. The highest BCUT2D eigenvalue weighted by Crippen LogP contribution is 2.25. The van der Waals surface area contributed by atoms with Crippen molar-refractivity contribution < 1.29 is 13.2 Å². The molecular formula is C20H24N2O3S. The van der Waals surface area contributed by atoms with Crippen LogP contribution < -0.4 is 5.32 Å². The van der Waals surface area contributed by atoms with E-state index >= 15 is 0 Å². The van der Waals surface area contributed by atoms with Gasteiger partial charge in [-0.3, -0.25) is 4.79 Å². The molecule has 1 atom stereocenters. The normalized spacial score (nSPS) is 18.4. The highest BCUT2D eigenvalue weighted by Gasteiger charge is 2.37. The van der Waals surface area contributed by atoms with Gasteiger partial charge in [-0.2, -0.15) is 4.31 Å². The summed E-state index contributed by atoms with van der Waals surface area (Å²) >= 11 is 0. The Morgan fingerprint density at radius 3 is 2.46 bits per heavy atom. The largest absolute Gasteiger partial charge is 0.351 e. The van der Waals surface area contributed by atoms with Crippen LogP contribution in [0.15, 0.2) is 59.5 Å². The SMILES string of the molecule is Cc1ccc(S(=O)(=O)N2CCCC[C@H]2C(=O)NCc2ccccc2)cc1. The van der Waals surface area contributed by atoms with Gasteiger partial charge in [0.2, 0.25) is 15.9 Å². The zero-order valence-corrected chi connectivity index (χ0v) is 15.7. The Hall–Kier alpha value is -2.18. The van der Waals surface area contributed by atoms with Gasteiger partial charge in [-0.05, 0) is 37.5 Å². The smallest absolute Gasteiger partial charge is 0.243 e. The maximum absolute atomic E-state index is 13.0. The van der Waals surface area contributed by atoms with E-state index in [0.29, 0.717) is 19.5 Å². The van der Waals surface area contributed by atoms with Gasteiger partial charge < -0.3 is 5.32 Å². The van der Waals surface area contributed by atoms with Gasteiger partial charge in [0.1, 0.15) is 6.04 Å². The highest BCUT2D eigenvalue weighted by molar-refractivity contribution is 7.89. The number of sulfonamides is 1. The number of hydrogen-bond acceptors (Lipinski definition) is 3. The molecule has 1 amide bonds. The van der Waals surface area contributed by atoms with E-state index in [1.165, 1.54) is 4.31 Å². The molecule has 0 spiro atoms. The molecule has 1 aliphatic heterocycles. The molecule has 6 heteroatoms. The lowest BCUT2D eigenvalue weighted by Crippen LogP contribution is -2.51. The molecule has 1 N–H and O–H groups in total. The number of nitrogens with zero attached hydrogens (tertiary/aromatic N) is 1. The first-order chi connectivity index (χ1) is 12.5. The van der Waals surface area contributed by atoms with Crippen molar-refractivity contribution in [1.82, 2.24) is 9.62 Å². The fraction of sp³-hybridized carbons (Fsp3) is 0.350. The van der Waals surface area contributed by atoms with Gasteiger partial charge in [-0.1, -0.05) is 54.4 Å². The molecule has 1 aliphatic rings. The summed E-state index contributed by atoms with van der Waals surface area (Å²) in [4.78, 5) is 12.9. The molecule has 0 bridgehead atoms. The third-order valence-corrected chi connectivity index (χ3v) is 6.62. The van der Waals surface area contributed by atoms with Crippen molar-refractivity contribution in [2.75, 3.05) is 6.54 Å². The second-order valence-corrected chi connectivity index (χ2v) is 8.53. The molecule has 5 nitrogen and oxygen atoms in total. The lowest BCUT2D eigenvalue weighted by Gasteiger charge is -2.33. The summed E-state index contributed by atoms with van der Waals surface area (Å²) in [5.74, 6) is -0.232. The first kappa shape index (κ1) is 18.6. The third kappa shape index (κ3) is 4.14. The molecular weight excluding hydrogens is 348 g/mol. The summed E-state index contributed by atoms with van der Waals surface area (Å²) in [6.07, 6.45) is 2.17. The monoisotopic (exact) mass is 372 g/mol. The van der Waals surface area contributed by atoms with E-state index in [0.717, 1.165) is 24.0 Å². The van der Waals surface area contributed by atoms with E-state index in [-0.39, 0.29) is 10.8 Å². The average Bonchev–Trinajstić information content (AvgIpc) is 2.67. The molecule has 0 aliphatic carbocycles. The van der Waals surface area contributed by atoms with E-state index in [1.54, 1.807) is 24.3 Å². The van der Waals surface area contributed by atoms with Crippen LogP contribution in [0.3, 0.4) is 0 Å². The van der Waals surface area contributed by atoms with Crippen LogP contribution in [0.2, 0.25) is 0 Å². The topological polar surface area (TPSA) is 66.5 Å². The van der Waals surface area contributed by atoms with Gasteiger partial charge in [0.15, 0.2) is 0 Å². The number of carbonyl (C=O) groups excluding carboxylic acids is 1. The minimum atomic E-state index is -3.68. The maximum Gasteiger partial charge on any atom is 0.243 e. The van der Waals surface area contributed by atoms with E-state index in [2.05, 4.69) is 5.32 Å². The fourth-order valence-electron chi connectivity index (χ4n) is 3.20. The Balaban J connectivity index is 1.76. The number of amides is 1. The Labute approximate surface area is 155 Å². The first-order valence-corrected chi connectivity index (χ1v) is 10.3. The number of piperidine rings is 1. The van der Waals surface area contributed by atoms with Crippen molar-refractivity contribution in [1.29, 1.82) is 0 Å². The van der Waals surface area contributed by atoms with Crippen molar-refractivity contribution in [3.63, 3.8) is 0 Å². The summed E-state index contributed by atoms with van der Waals surface area (Å²) in [6, 6.07) is 15.7. The predicted octanol–water partition coefficient (Wildman–Crippen LogP) is 2.85. The van der Waals surface area contributed by atoms with Gasteiger partial charge in [-0.25, -0.2) is 8.42 Å². The number of benzene rings is 2. The first-order valence-electron chi connectivity index (χ1n) is 8.88. The Morgan fingerprint density at radius 1 is 1.08 bits per heavy atom. The van der Waals surface area contributed by atoms with Gasteiger partial charge in [0, 0.05) is 13.1 Å². The Kier molecular flexibility index (Phi) is 5.74. The van der Waals surface area contributed by atoms with Crippen molar-refractivity contribution in [3.8, 4) is 0 Å². The van der Waals surface area contributed by atoms with Crippen molar-refractivity contribution >= 4 is 15.9 Å². The van der Waals surface area contributed by atoms with Gasteiger partial charge in [0.25, 0.3) is 0 Å². The number of carbonyl (C=O) groups is 1. The minimum Gasteiger partial charge on any atom is -0.351 e. The molecule has 0 unspecified atom stereocenters. The molecule has 3 rings (SSSR count). The van der Waals surface area contributed by atoms with E-state index in [1.807, 2.05) is 37.3 Å². The standard InChI is InChI=1S/C20H24N2O3S/c1-16-10-12-18(13-11-16)26(24,25)22-14-6-5-9-19(22)20(23)21-15-17-7-3-2-4-8-17/h2-4,7-8,10-13,19H,5-6,9,14-15H2,1H3,(H,21,23)/t19-/m0/s1. The molecule has 0 radical (unpaired) electrons. The third-order valence-electron chi connectivity index (χ3n) is 4.69. The zero-order chi connectivity index (χ0) is 18.6. The van der Waals surface area contributed by atoms with Crippen LogP contribution in [0.5, 0.6) is 0 Å².